The minimum absolute atomic E-state index is 0.181. The lowest BCUT2D eigenvalue weighted by Gasteiger charge is -2.06. The lowest BCUT2D eigenvalue weighted by atomic mass is 10.1. The topological polar surface area (TPSA) is 65.2 Å². The molecule has 0 saturated heterocycles. The van der Waals surface area contributed by atoms with Gasteiger partial charge in [-0.25, -0.2) is 0 Å². The molecule has 0 aliphatic heterocycles. The van der Waals surface area contributed by atoms with Crippen molar-refractivity contribution in [2.45, 2.75) is 33.3 Å². The van der Waals surface area contributed by atoms with Crippen LogP contribution in [0, 0.1) is 6.92 Å². The molecule has 2 rings (SSSR count). The summed E-state index contributed by atoms with van der Waals surface area (Å²) in [4.78, 5) is 15.2. The summed E-state index contributed by atoms with van der Waals surface area (Å²) < 4.78 is 10.6. The number of rotatable bonds is 5. The summed E-state index contributed by atoms with van der Waals surface area (Å²) in [5, 5.41) is 3.83. The van der Waals surface area contributed by atoms with Crippen LogP contribution in [0.5, 0.6) is 5.75 Å². The molecule has 5 heteroatoms. The monoisotopic (exact) mass is 260 g/mol. The lowest BCUT2D eigenvalue weighted by Crippen LogP contribution is -2.00. The van der Waals surface area contributed by atoms with Crippen LogP contribution in [-0.2, 0) is 6.61 Å². The minimum Gasteiger partial charge on any atom is -0.485 e. The van der Waals surface area contributed by atoms with Gasteiger partial charge in [0.1, 0.15) is 5.75 Å². The highest BCUT2D eigenvalue weighted by Crippen LogP contribution is 2.19. The molecule has 2 aromatic rings. The number of aldehydes is 1. The van der Waals surface area contributed by atoms with Crippen molar-refractivity contribution < 1.29 is 14.1 Å². The quantitative estimate of drug-likeness (QED) is 0.773. The minimum atomic E-state index is 0.181. The zero-order valence-electron chi connectivity index (χ0n) is 11.2. The van der Waals surface area contributed by atoms with Crippen molar-refractivity contribution in [2.75, 3.05) is 0 Å². The van der Waals surface area contributed by atoms with E-state index in [0.29, 0.717) is 23.0 Å². The van der Waals surface area contributed by atoms with E-state index in [1.807, 2.05) is 26.8 Å². The Hall–Kier alpha value is -2.17. The average Bonchev–Trinajstić information content (AvgIpc) is 2.86. The SMILES string of the molecule is Cc1ccc(OCc2noc(C(C)C)n2)c(C=O)c1. The Morgan fingerprint density at radius 2 is 2.21 bits per heavy atom. The van der Waals surface area contributed by atoms with Crippen molar-refractivity contribution >= 4 is 6.29 Å². The van der Waals surface area contributed by atoms with E-state index >= 15 is 0 Å². The molecule has 19 heavy (non-hydrogen) atoms. The van der Waals surface area contributed by atoms with Crippen molar-refractivity contribution in [1.82, 2.24) is 10.1 Å². The normalized spacial score (nSPS) is 10.7. The van der Waals surface area contributed by atoms with Gasteiger partial charge in [-0.1, -0.05) is 30.6 Å². The summed E-state index contributed by atoms with van der Waals surface area (Å²) in [5.74, 6) is 1.77. The van der Waals surface area contributed by atoms with Crippen LogP contribution in [0.15, 0.2) is 22.7 Å². The number of aryl methyl sites for hydroxylation is 1. The van der Waals surface area contributed by atoms with Gasteiger partial charge < -0.3 is 9.26 Å². The second kappa shape index (κ2) is 5.65. The largest absolute Gasteiger partial charge is 0.485 e. The predicted molar refractivity (Wildman–Crippen MR) is 69.3 cm³/mol. The van der Waals surface area contributed by atoms with Gasteiger partial charge in [0.25, 0.3) is 0 Å². The standard InChI is InChI=1S/C14H16N2O3/c1-9(2)14-15-13(16-19-14)8-18-12-5-4-10(3)6-11(12)7-17/h4-7,9H,8H2,1-3H3. The molecule has 1 aromatic carbocycles. The third kappa shape index (κ3) is 3.19. The fourth-order valence-electron chi connectivity index (χ4n) is 1.59. The zero-order valence-corrected chi connectivity index (χ0v) is 11.2. The van der Waals surface area contributed by atoms with Gasteiger partial charge in [-0.3, -0.25) is 4.79 Å². The van der Waals surface area contributed by atoms with Crippen LogP contribution in [0.25, 0.3) is 0 Å². The first-order chi connectivity index (χ1) is 9.10. The number of ether oxygens (including phenoxy) is 1. The molecule has 5 nitrogen and oxygen atoms in total. The molecule has 1 aromatic heterocycles. The Bertz CT molecular complexity index is 576. The molecular weight excluding hydrogens is 244 g/mol. The van der Waals surface area contributed by atoms with Crippen LogP contribution in [0.1, 0.15) is 47.4 Å². The Balaban J connectivity index is 2.07. The van der Waals surface area contributed by atoms with E-state index in [4.69, 9.17) is 9.26 Å². The van der Waals surface area contributed by atoms with E-state index in [1.165, 1.54) is 0 Å². The number of aromatic nitrogens is 2. The van der Waals surface area contributed by atoms with Gasteiger partial charge in [0.15, 0.2) is 12.9 Å². The Morgan fingerprint density at radius 3 is 2.84 bits per heavy atom. The van der Waals surface area contributed by atoms with Crippen LogP contribution >= 0.6 is 0 Å². The van der Waals surface area contributed by atoms with Crippen LogP contribution in [0.3, 0.4) is 0 Å². The van der Waals surface area contributed by atoms with Crippen LogP contribution in [-0.4, -0.2) is 16.4 Å². The van der Waals surface area contributed by atoms with E-state index in [0.717, 1.165) is 11.8 Å². The molecule has 100 valence electrons. The molecule has 0 amide bonds. The van der Waals surface area contributed by atoms with E-state index < -0.39 is 0 Å². The third-order valence-electron chi connectivity index (χ3n) is 2.63. The molecular formula is C14H16N2O3. The van der Waals surface area contributed by atoms with Crippen molar-refractivity contribution in [3.8, 4) is 5.75 Å². The second-order valence-corrected chi connectivity index (χ2v) is 4.65. The molecule has 0 aliphatic carbocycles. The van der Waals surface area contributed by atoms with E-state index in [-0.39, 0.29) is 12.5 Å². The number of carbonyl (C=O) groups is 1. The molecule has 0 radical (unpaired) electrons. The molecule has 0 spiro atoms. The molecule has 0 atom stereocenters. The van der Waals surface area contributed by atoms with Gasteiger partial charge in [0.2, 0.25) is 11.7 Å². The maximum absolute atomic E-state index is 11.0. The summed E-state index contributed by atoms with van der Waals surface area (Å²) >= 11 is 0. The fourth-order valence-corrected chi connectivity index (χ4v) is 1.59. The highest BCUT2D eigenvalue weighted by molar-refractivity contribution is 5.79. The molecule has 0 N–H and O–H groups in total. The Labute approximate surface area is 111 Å². The summed E-state index contributed by atoms with van der Waals surface area (Å²) in [7, 11) is 0. The van der Waals surface area contributed by atoms with Gasteiger partial charge in [-0.05, 0) is 19.1 Å². The summed E-state index contributed by atoms with van der Waals surface area (Å²) in [6.07, 6.45) is 0.776. The van der Waals surface area contributed by atoms with Gasteiger partial charge in [-0.2, -0.15) is 4.98 Å². The van der Waals surface area contributed by atoms with Gasteiger partial charge in [0.05, 0.1) is 5.56 Å². The first-order valence-electron chi connectivity index (χ1n) is 6.11. The van der Waals surface area contributed by atoms with Crippen LogP contribution < -0.4 is 4.74 Å². The van der Waals surface area contributed by atoms with Crippen molar-refractivity contribution in [3.05, 3.63) is 41.0 Å². The second-order valence-electron chi connectivity index (χ2n) is 4.65. The van der Waals surface area contributed by atoms with Crippen molar-refractivity contribution in [2.24, 2.45) is 0 Å². The molecule has 0 bridgehead atoms. The summed E-state index contributed by atoms with van der Waals surface area (Å²) in [5.41, 5.74) is 1.53. The smallest absolute Gasteiger partial charge is 0.229 e. The molecule has 0 fully saturated rings. The molecule has 1 heterocycles. The number of nitrogens with zero attached hydrogens (tertiary/aromatic N) is 2. The van der Waals surface area contributed by atoms with Crippen molar-refractivity contribution in [1.29, 1.82) is 0 Å². The average molecular weight is 260 g/mol. The maximum Gasteiger partial charge on any atom is 0.229 e. The first-order valence-corrected chi connectivity index (χ1v) is 6.11. The van der Waals surface area contributed by atoms with E-state index in [1.54, 1.807) is 12.1 Å². The van der Waals surface area contributed by atoms with Gasteiger partial charge in [0, 0.05) is 5.92 Å². The number of benzene rings is 1. The zero-order chi connectivity index (χ0) is 13.8. The van der Waals surface area contributed by atoms with Crippen LogP contribution in [0.4, 0.5) is 0 Å². The molecule has 0 unspecified atom stereocenters. The number of hydrogen-bond donors (Lipinski definition) is 0. The fraction of sp³-hybridized carbons (Fsp3) is 0.357. The number of carbonyl (C=O) groups excluding carboxylic acids is 1. The third-order valence-corrected chi connectivity index (χ3v) is 2.63. The molecule has 0 aliphatic rings. The lowest BCUT2D eigenvalue weighted by molar-refractivity contribution is 0.111. The van der Waals surface area contributed by atoms with Crippen LogP contribution in [0.2, 0.25) is 0 Å². The first kappa shape index (κ1) is 13.3. The summed E-state index contributed by atoms with van der Waals surface area (Å²) in [6, 6.07) is 5.43. The number of hydrogen-bond acceptors (Lipinski definition) is 5. The Kier molecular flexibility index (Phi) is 3.94. The maximum atomic E-state index is 11.0. The van der Waals surface area contributed by atoms with E-state index in [9.17, 15) is 4.79 Å². The highest BCUT2D eigenvalue weighted by atomic mass is 16.5. The van der Waals surface area contributed by atoms with Gasteiger partial charge in [-0.15, -0.1) is 0 Å². The molecule has 0 saturated carbocycles. The van der Waals surface area contributed by atoms with Crippen molar-refractivity contribution in [3.63, 3.8) is 0 Å². The predicted octanol–water partition coefficient (Wildman–Crippen LogP) is 2.89. The summed E-state index contributed by atoms with van der Waals surface area (Å²) in [6.45, 7) is 6.05. The Morgan fingerprint density at radius 1 is 1.42 bits per heavy atom. The van der Waals surface area contributed by atoms with E-state index in [2.05, 4.69) is 10.1 Å². The highest BCUT2D eigenvalue weighted by Gasteiger charge is 2.11. The van der Waals surface area contributed by atoms with Gasteiger partial charge >= 0.3 is 0 Å².